The predicted molar refractivity (Wildman–Crippen MR) is 280 cm³/mol. The van der Waals surface area contributed by atoms with Crippen LogP contribution < -0.4 is 54.0 Å². The molecule has 14 N–H and O–H groups in total. The molecule has 0 saturated carbocycles. The van der Waals surface area contributed by atoms with Crippen molar-refractivity contribution in [1.29, 1.82) is 0 Å². The van der Waals surface area contributed by atoms with Crippen LogP contribution in [-0.4, -0.2) is 185 Å². The topological polar surface area (TPSA) is 395 Å². The van der Waals surface area contributed by atoms with Crippen LogP contribution in [0.2, 0.25) is 0 Å². The fourth-order valence-corrected chi connectivity index (χ4v) is 7.60. The summed E-state index contributed by atoms with van der Waals surface area (Å²) in [6.07, 6.45) is -3.88. The molecular formula is C49H86F3N13O13. The van der Waals surface area contributed by atoms with Crippen molar-refractivity contribution in [2.75, 3.05) is 33.2 Å². The Labute approximate surface area is 454 Å². The first kappa shape index (κ1) is 71.2. The van der Waals surface area contributed by atoms with E-state index in [1.165, 1.54) is 25.8 Å². The smallest absolute Gasteiger partial charge is 0.475 e. The van der Waals surface area contributed by atoms with Gasteiger partial charge in [0.05, 0.1) is 19.2 Å². The maximum absolute atomic E-state index is 14.2. The first-order chi connectivity index (χ1) is 36.1. The minimum atomic E-state index is -5.08. The van der Waals surface area contributed by atoms with Gasteiger partial charge >= 0.3 is 12.1 Å². The van der Waals surface area contributed by atoms with Crippen molar-refractivity contribution in [3.05, 3.63) is 0 Å². The fourth-order valence-electron chi connectivity index (χ4n) is 7.60. The highest BCUT2D eigenvalue weighted by Gasteiger charge is 2.41. The van der Waals surface area contributed by atoms with E-state index in [2.05, 4.69) is 47.5 Å². The third kappa shape index (κ3) is 25.6. The SMILES string of the molecule is CCC[C@H](NC(=O)[C@@H](NC(=O)[C@H](NC(=O)[C@@H](NC(=O)CNC(=O)CN(C)C(C)=O)C(C)C)[C@@H](C)CC)[C@@H](C)O)C(=O)N[C@H](C(=O)N[C@@H](CCCN=C(N)N)C(=O)N1CCC[C@H]1C(=O)NC(C)C)[C@@H](C)CC.O=C(O)C(F)(F)F. The molecule has 1 aliphatic rings. The van der Waals surface area contributed by atoms with Crippen LogP contribution in [0.1, 0.15) is 128 Å². The summed E-state index contributed by atoms with van der Waals surface area (Å²) in [5.74, 6) is -10.7. The lowest BCUT2D eigenvalue weighted by atomic mass is 9.95. The molecule has 0 aliphatic carbocycles. The van der Waals surface area contributed by atoms with Crippen molar-refractivity contribution in [3.8, 4) is 0 Å². The molecule has 0 unspecified atom stereocenters. The van der Waals surface area contributed by atoms with Crippen LogP contribution in [0.4, 0.5) is 13.2 Å². The second-order valence-electron chi connectivity index (χ2n) is 19.9. The summed E-state index contributed by atoms with van der Waals surface area (Å²) in [5, 5.41) is 39.1. The Morgan fingerprint density at radius 2 is 1.18 bits per heavy atom. The molecule has 1 saturated heterocycles. The van der Waals surface area contributed by atoms with Gasteiger partial charge in [-0.2, -0.15) is 13.2 Å². The number of aliphatic carboxylic acids is 1. The number of aliphatic hydroxyl groups is 1. The largest absolute Gasteiger partial charge is 0.490 e. The molecule has 29 heteroatoms. The van der Waals surface area contributed by atoms with E-state index in [9.17, 15) is 66.2 Å². The van der Waals surface area contributed by atoms with Crippen LogP contribution in [-0.2, 0) is 52.7 Å². The summed E-state index contributed by atoms with van der Waals surface area (Å²) in [5.41, 5.74) is 11.0. The van der Waals surface area contributed by atoms with Gasteiger partial charge < -0.3 is 74.0 Å². The zero-order valence-electron chi connectivity index (χ0n) is 46.9. The summed E-state index contributed by atoms with van der Waals surface area (Å²) in [6, 6.07) is -8.51. The first-order valence-electron chi connectivity index (χ1n) is 26.1. The van der Waals surface area contributed by atoms with Crippen LogP contribution in [0.3, 0.4) is 0 Å². The van der Waals surface area contributed by atoms with E-state index in [-0.39, 0.29) is 49.7 Å². The minimum Gasteiger partial charge on any atom is -0.475 e. The predicted octanol–water partition coefficient (Wildman–Crippen LogP) is -1.38. The Kier molecular flexibility index (Phi) is 31.8. The number of aliphatic imine (C=N–C) groups is 1. The number of likely N-dealkylation sites (N-methyl/N-ethyl adjacent to an activating group) is 1. The van der Waals surface area contributed by atoms with E-state index < -0.39 is 132 Å². The Hall–Kier alpha value is -6.81. The zero-order chi connectivity index (χ0) is 60.4. The van der Waals surface area contributed by atoms with Gasteiger partial charge in [-0.1, -0.05) is 67.7 Å². The molecule has 0 radical (unpaired) electrons. The van der Waals surface area contributed by atoms with Gasteiger partial charge in [0, 0.05) is 33.1 Å². The monoisotopic (exact) mass is 1120 g/mol. The lowest BCUT2D eigenvalue weighted by Crippen LogP contribution is -2.63. The van der Waals surface area contributed by atoms with Crippen molar-refractivity contribution in [2.45, 2.75) is 188 Å². The Bertz CT molecular complexity index is 2080. The maximum atomic E-state index is 14.2. The van der Waals surface area contributed by atoms with E-state index in [0.717, 1.165) is 4.90 Å². The number of hydrogen-bond donors (Lipinski definition) is 12. The number of carbonyl (C=O) groups is 11. The lowest BCUT2D eigenvalue weighted by molar-refractivity contribution is -0.192. The number of carboxylic acids is 1. The number of nitrogens with one attached hydrogen (secondary N) is 8. The van der Waals surface area contributed by atoms with Gasteiger partial charge in [0.2, 0.25) is 59.1 Å². The van der Waals surface area contributed by atoms with E-state index in [1.807, 2.05) is 20.8 Å². The minimum absolute atomic E-state index is 0.0839. The normalized spacial score (nSPS) is 16.6. The number of likely N-dealkylation sites (tertiary alicyclic amines) is 1. The summed E-state index contributed by atoms with van der Waals surface area (Å²) >= 11 is 0. The standard InChI is InChI=1S/C47H85N13O11.C2HF3O2/c1-13-18-31(40(65)56-37(27(8)14-2)43(68)54-32(19-16-21-50-47(48)49)46(71)60-22-17-20-33(60)41(66)52-26(6)7)53-45(70)39(29(10)61)58-44(69)38(28(9)15-3)57-42(67)36(25(4)5)55-34(63)23-51-35(64)24-59(12)30(11)62;3-2(4,5)1(6)7/h25-29,31-33,36-39,61H,13-24H2,1-12H3,(H,51,64)(H,52,66)(H,53,70)(H,54,68)(H,55,63)(H,56,65)(H,57,67)(H,58,69)(H4,48,49,50);(H,6,7)/t27-,28-,29+,31-,32-,33-,36-,37-,38+,39-;/m0./s1. The highest BCUT2D eigenvalue weighted by atomic mass is 19.4. The van der Waals surface area contributed by atoms with Crippen molar-refractivity contribution in [3.63, 3.8) is 0 Å². The molecule has 0 spiro atoms. The van der Waals surface area contributed by atoms with E-state index in [0.29, 0.717) is 45.1 Å². The van der Waals surface area contributed by atoms with Crippen LogP contribution in [0.15, 0.2) is 4.99 Å². The number of nitrogens with zero attached hydrogens (tertiary/aromatic N) is 3. The van der Waals surface area contributed by atoms with Gasteiger partial charge in [-0.05, 0) is 70.6 Å². The molecule has 446 valence electrons. The number of carbonyl (C=O) groups excluding carboxylic acids is 10. The van der Waals surface area contributed by atoms with Gasteiger partial charge in [0.25, 0.3) is 0 Å². The summed E-state index contributed by atoms with van der Waals surface area (Å²) < 4.78 is 31.7. The summed E-state index contributed by atoms with van der Waals surface area (Å²) in [4.78, 5) is 149. The maximum Gasteiger partial charge on any atom is 0.490 e. The molecule has 10 atom stereocenters. The van der Waals surface area contributed by atoms with E-state index in [1.54, 1.807) is 41.5 Å². The average Bonchev–Trinajstić information content (AvgIpc) is 3.85. The third-order valence-electron chi connectivity index (χ3n) is 12.6. The molecule has 0 aromatic rings. The van der Waals surface area contributed by atoms with Gasteiger partial charge in [-0.15, -0.1) is 0 Å². The molecule has 26 nitrogen and oxygen atoms in total. The molecule has 0 bridgehead atoms. The van der Waals surface area contributed by atoms with Crippen LogP contribution in [0.5, 0.6) is 0 Å². The molecule has 10 amide bonds. The number of halogens is 3. The number of rotatable bonds is 30. The van der Waals surface area contributed by atoms with Crippen molar-refractivity contribution >= 4 is 71.0 Å². The Balaban J connectivity index is 0.00000788. The number of alkyl halides is 3. The number of guanidine groups is 1. The molecule has 1 heterocycles. The second kappa shape index (κ2) is 34.9. The van der Waals surface area contributed by atoms with Crippen LogP contribution in [0.25, 0.3) is 0 Å². The number of hydrogen-bond acceptors (Lipinski definition) is 13. The Morgan fingerprint density at radius 3 is 1.64 bits per heavy atom. The first-order valence-corrected chi connectivity index (χ1v) is 26.1. The molecule has 1 rings (SSSR count). The van der Waals surface area contributed by atoms with Gasteiger partial charge in [-0.3, -0.25) is 52.9 Å². The molecule has 0 aromatic carbocycles. The highest BCUT2D eigenvalue weighted by molar-refractivity contribution is 5.98. The molecule has 1 aliphatic heterocycles. The fraction of sp³-hybridized carbons (Fsp3) is 0.755. The van der Waals surface area contributed by atoms with Crippen molar-refractivity contribution < 1.29 is 76.1 Å². The van der Waals surface area contributed by atoms with Crippen molar-refractivity contribution in [1.82, 2.24) is 52.3 Å². The number of nitrogens with two attached hydrogens (primary N) is 2. The summed E-state index contributed by atoms with van der Waals surface area (Å²) in [6.45, 7) is 18.0. The number of amides is 10. The van der Waals surface area contributed by atoms with Gasteiger partial charge in [0.15, 0.2) is 5.96 Å². The molecule has 78 heavy (non-hydrogen) atoms. The van der Waals surface area contributed by atoms with E-state index >= 15 is 0 Å². The van der Waals surface area contributed by atoms with Gasteiger partial charge in [-0.25, -0.2) is 4.79 Å². The number of carboxylic acid groups (broad SMARTS) is 1. The average molecular weight is 1120 g/mol. The molecular weight excluding hydrogens is 1040 g/mol. The van der Waals surface area contributed by atoms with Crippen molar-refractivity contribution in [2.24, 2.45) is 34.2 Å². The lowest BCUT2D eigenvalue weighted by Gasteiger charge is -2.32. The Morgan fingerprint density at radius 1 is 0.692 bits per heavy atom. The second-order valence-corrected chi connectivity index (χ2v) is 19.9. The summed E-state index contributed by atoms with van der Waals surface area (Å²) in [7, 11) is 1.42. The quantitative estimate of drug-likeness (QED) is 0.0224. The van der Waals surface area contributed by atoms with Crippen LogP contribution >= 0.6 is 0 Å². The molecule has 1 fully saturated rings. The third-order valence-corrected chi connectivity index (χ3v) is 12.6. The molecule has 0 aromatic heterocycles. The zero-order valence-corrected chi connectivity index (χ0v) is 46.9. The highest BCUT2D eigenvalue weighted by Crippen LogP contribution is 2.21. The van der Waals surface area contributed by atoms with Crippen LogP contribution in [0, 0.1) is 17.8 Å². The number of aliphatic hydroxyl groups excluding tert-OH is 1. The van der Waals surface area contributed by atoms with E-state index in [4.69, 9.17) is 21.4 Å². The van der Waals surface area contributed by atoms with Gasteiger partial charge in [0.1, 0.15) is 42.3 Å².